The number of nitrogens with zero attached hydrogens (tertiary/aromatic N) is 2. The smallest absolute Gasteiger partial charge is 0.162 e. The van der Waals surface area contributed by atoms with E-state index >= 15 is 0 Å². The number of carbonyl (C=O) groups is 1. The van der Waals surface area contributed by atoms with Crippen LogP contribution in [-0.4, -0.2) is 66.3 Å². The minimum Gasteiger partial charge on any atom is -0.508 e. The van der Waals surface area contributed by atoms with E-state index < -0.39 is 6.10 Å². The summed E-state index contributed by atoms with van der Waals surface area (Å²) in [6.07, 6.45) is -0.0870. The molecule has 0 aliphatic carbocycles. The fraction of sp³-hybridized carbons (Fsp3) is 0.409. The number of carbonyl (C=O) groups excluding carboxylic acids is 1. The third kappa shape index (κ3) is 5.47. The van der Waals surface area contributed by atoms with Gasteiger partial charge in [0.1, 0.15) is 24.2 Å². The van der Waals surface area contributed by atoms with E-state index in [1.807, 2.05) is 19.1 Å². The van der Waals surface area contributed by atoms with Crippen molar-refractivity contribution in [3.05, 3.63) is 54.1 Å². The first-order chi connectivity index (χ1) is 13.5. The monoisotopic (exact) mass is 384 g/mol. The van der Waals surface area contributed by atoms with Crippen molar-refractivity contribution >= 4 is 11.5 Å². The van der Waals surface area contributed by atoms with Gasteiger partial charge in [-0.05, 0) is 48.5 Å². The summed E-state index contributed by atoms with van der Waals surface area (Å²) in [5.74, 6) is 1.04. The Morgan fingerprint density at radius 3 is 2.29 bits per heavy atom. The molecule has 1 fully saturated rings. The standard InChI is InChI=1S/C22H28N2O4/c1-2-22(27)17-3-9-21(10-4-17)28-16-20(26)15-23-11-13-24(14-12-23)18-5-7-19(25)8-6-18/h3-10,20,25-26H,2,11-16H2,1H3/t20-/m0/s1. The average molecular weight is 384 g/mol. The molecule has 6 heteroatoms. The van der Waals surface area contributed by atoms with Crippen molar-refractivity contribution in [3.8, 4) is 11.5 Å². The molecule has 28 heavy (non-hydrogen) atoms. The molecule has 2 aromatic carbocycles. The first-order valence-corrected chi connectivity index (χ1v) is 9.75. The second kappa shape index (κ2) is 9.57. The Bertz CT molecular complexity index is 753. The number of aliphatic hydroxyl groups excluding tert-OH is 1. The number of phenolic OH excluding ortho intramolecular Hbond substituents is 1. The highest BCUT2D eigenvalue weighted by Gasteiger charge is 2.20. The second-order valence-electron chi connectivity index (χ2n) is 7.07. The average Bonchev–Trinajstić information content (AvgIpc) is 2.73. The molecule has 2 N–H and O–H groups in total. The SMILES string of the molecule is CCC(=O)c1ccc(OC[C@@H](O)CN2CCN(c3ccc(O)cc3)CC2)cc1. The van der Waals surface area contributed by atoms with E-state index in [1.54, 1.807) is 36.4 Å². The minimum atomic E-state index is -0.572. The molecule has 1 saturated heterocycles. The van der Waals surface area contributed by atoms with Crippen LogP contribution in [-0.2, 0) is 0 Å². The highest BCUT2D eigenvalue weighted by Crippen LogP contribution is 2.20. The summed E-state index contributed by atoms with van der Waals surface area (Å²) in [7, 11) is 0. The summed E-state index contributed by atoms with van der Waals surface area (Å²) < 4.78 is 5.66. The summed E-state index contributed by atoms with van der Waals surface area (Å²) in [5.41, 5.74) is 1.79. The van der Waals surface area contributed by atoms with Crippen LogP contribution in [0.1, 0.15) is 23.7 Å². The molecule has 0 bridgehead atoms. The fourth-order valence-corrected chi connectivity index (χ4v) is 3.34. The summed E-state index contributed by atoms with van der Waals surface area (Å²) in [6.45, 7) is 6.12. The lowest BCUT2D eigenvalue weighted by Gasteiger charge is -2.36. The maximum atomic E-state index is 11.6. The molecular formula is C22H28N2O4. The van der Waals surface area contributed by atoms with Crippen LogP contribution in [0.25, 0.3) is 0 Å². The van der Waals surface area contributed by atoms with Crippen LogP contribution in [0, 0.1) is 0 Å². The molecule has 1 atom stereocenters. The van der Waals surface area contributed by atoms with Crippen LogP contribution in [0.15, 0.2) is 48.5 Å². The molecule has 0 radical (unpaired) electrons. The zero-order chi connectivity index (χ0) is 19.9. The molecule has 6 nitrogen and oxygen atoms in total. The van der Waals surface area contributed by atoms with Crippen LogP contribution >= 0.6 is 0 Å². The molecule has 3 rings (SSSR count). The fourth-order valence-electron chi connectivity index (χ4n) is 3.34. The molecule has 1 aliphatic rings. The molecule has 0 spiro atoms. The van der Waals surface area contributed by atoms with Gasteiger partial charge in [-0.15, -0.1) is 0 Å². The number of aliphatic hydroxyl groups is 1. The zero-order valence-corrected chi connectivity index (χ0v) is 16.3. The van der Waals surface area contributed by atoms with Crippen LogP contribution in [0.2, 0.25) is 0 Å². The summed E-state index contributed by atoms with van der Waals surface area (Å²) in [6, 6.07) is 14.3. The molecule has 0 amide bonds. The lowest BCUT2D eigenvalue weighted by Crippen LogP contribution is -2.49. The Kier molecular flexibility index (Phi) is 6.90. The van der Waals surface area contributed by atoms with Gasteiger partial charge in [-0.25, -0.2) is 0 Å². The van der Waals surface area contributed by atoms with E-state index in [0.29, 0.717) is 24.3 Å². The van der Waals surface area contributed by atoms with Crippen molar-refractivity contribution in [2.24, 2.45) is 0 Å². The number of hydrogen-bond donors (Lipinski definition) is 2. The van der Waals surface area contributed by atoms with Gasteiger partial charge in [0, 0.05) is 50.4 Å². The Morgan fingerprint density at radius 1 is 1.04 bits per heavy atom. The van der Waals surface area contributed by atoms with E-state index in [4.69, 9.17) is 4.74 Å². The predicted octanol–water partition coefficient (Wildman–Crippen LogP) is 2.55. The molecular weight excluding hydrogens is 356 g/mol. The van der Waals surface area contributed by atoms with Crippen LogP contribution in [0.4, 0.5) is 5.69 Å². The van der Waals surface area contributed by atoms with Gasteiger partial charge in [-0.2, -0.15) is 0 Å². The molecule has 0 unspecified atom stereocenters. The first-order valence-electron chi connectivity index (χ1n) is 9.75. The van der Waals surface area contributed by atoms with Gasteiger partial charge in [-0.3, -0.25) is 9.69 Å². The Morgan fingerprint density at radius 2 is 1.68 bits per heavy atom. The normalized spacial score (nSPS) is 16.0. The number of ether oxygens (including phenoxy) is 1. The number of phenols is 1. The van der Waals surface area contributed by atoms with Crippen LogP contribution in [0.3, 0.4) is 0 Å². The van der Waals surface area contributed by atoms with E-state index in [1.165, 1.54) is 0 Å². The molecule has 1 heterocycles. The van der Waals surface area contributed by atoms with Gasteiger partial charge in [0.25, 0.3) is 0 Å². The highest BCUT2D eigenvalue weighted by molar-refractivity contribution is 5.95. The third-order valence-electron chi connectivity index (χ3n) is 5.00. The molecule has 2 aromatic rings. The van der Waals surface area contributed by atoms with Crippen LogP contribution < -0.4 is 9.64 Å². The van der Waals surface area contributed by atoms with Gasteiger partial charge in [0.2, 0.25) is 0 Å². The van der Waals surface area contributed by atoms with Gasteiger partial charge in [-0.1, -0.05) is 6.92 Å². The number of rotatable bonds is 8. The highest BCUT2D eigenvalue weighted by atomic mass is 16.5. The Hall–Kier alpha value is -2.57. The number of β-amino-alcohol motifs (C(OH)–C–C–N with tert-alkyl or cyclic N) is 1. The quantitative estimate of drug-likeness (QED) is 0.682. The molecule has 0 aromatic heterocycles. The lowest BCUT2D eigenvalue weighted by atomic mass is 10.1. The van der Waals surface area contributed by atoms with E-state index in [9.17, 15) is 15.0 Å². The number of piperazine rings is 1. The summed E-state index contributed by atoms with van der Waals surface area (Å²) in [4.78, 5) is 16.1. The van der Waals surface area contributed by atoms with E-state index in [0.717, 1.165) is 31.9 Å². The van der Waals surface area contributed by atoms with E-state index in [2.05, 4.69) is 9.80 Å². The number of aromatic hydroxyl groups is 1. The molecule has 150 valence electrons. The van der Waals surface area contributed by atoms with Gasteiger partial charge in [0.15, 0.2) is 5.78 Å². The largest absolute Gasteiger partial charge is 0.508 e. The second-order valence-corrected chi connectivity index (χ2v) is 7.07. The van der Waals surface area contributed by atoms with Gasteiger partial charge < -0.3 is 19.8 Å². The minimum absolute atomic E-state index is 0.109. The maximum absolute atomic E-state index is 11.6. The Balaban J connectivity index is 1.40. The predicted molar refractivity (Wildman–Crippen MR) is 109 cm³/mol. The molecule has 0 saturated carbocycles. The molecule has 1 aliphatic heterocycles. The van der Waals surface area contributed by atoms with E-state index in [-0.39, 0.29) is 18.1 Å². The van der Waals surface area contributed by atoms with Gasteiger partial charge >= 0.3 is 0 Å². The summed E-state index contributed by atoms with van der Waals surface area (Å²) in [5, 5.41) is 19.7. The topological polar surface area (TPSA) is 73.2 Å². The number of hydrogen-bond acceptors (Lipinski definition) is 6. The third-order valence-corrected chi connectivity index (χ3v) is 5.00. The van der Waals surface area contributed by atoms with Crippen molar-refractivity contribution in [2.45, 2.75) is 19.4 Å². The van der Waals surface area contributed by atoms with Crippen molar-refractivity contribution in [3.63, 3.8) is 0 Å². The van der Waals surface area contributed by atoms with Crippen molar-refractivity contribution < 1.29 is 19.7 Å². The number of benzene rings is 2. The van der Waals surface area contributed by atoms with Crippen molar-refractivity contribution in [1.29, 1.82) is 0 Å². The maximum Gasteiger partial charge on any atom is 0.162 e. The summed E-state index contributed by atoms with van der Waals surface area (Å²) >= 11 is 0. The van der Waals surface area contributed by atoms with Gasteiger partial charge in [0.05, 0.1) is 0 Å². The van der Waals surface area contributed by atoms with Crippen LogP contribution in [0.5, 0.6) is 11.5 Å². The zero-order valence-electron chi connectivity index (χ0n) is 16.3. The van der Waals surface area contributed by atoms with Crippen molar-refractivity contribution in [2.75, 3.05) is 44.2 Å². The number of ketones is 1. The lowest BCUT2D eigenvalue weighted by molar-refractivity contribution is 0.0663. The number of anilines is 1. The first kappa shape index (κ1) is 20.2. The van der Waals surface area contributed by atoms with Crippen molar-refractivity contribution in [1.82, 2.24) is 4.90 Å². The number of Topliss-reactive ketones (excluding diaryl/α,β-unsaturated/α-hetero) is 1. The Labute approximate surface area is 166 Å².